The zero-order valence-electron chi connectivity index (χ0n) is 4.92. The van der Waals surface area contributed by atoms with Gasteiger partial charge in [0, 0.05) is 0 Å². The van der Waals surface area contributed by atoms with Crippen LogP contribution in [0.25, 0.3) is 0 Å². The summed E-state index contributed by atoms with van der Waals surface area (Å²) >= 11 is 4.46. The van der Waals surface area contributed by atoms with Crippen LogP contribution in [0.2, 0.25) is 0 Å². The Morgan fingerprint density at radius 1 is 1.62 bits per heavy atom. The Labute approximate surface area is 54.8 Å². The molecule has 1 nitrogen and oxygen atoms in total. The van der Waals surface area contributed by atoms with Crippen LogP contribution in [-0.2, 0) is 0 Å². The fourth-order valence-electron chi connectivity index (χ4n) is 0.909. The van der Waals surface area contributed by atoms with Crippen molar-refractivity contribution in [1.82, 2.24) is 0 Å². The van der Waals surface area contributed by atoms with E-state index in [2.05, 4.69) is 29.3 Å². The molecule has 1 fully saturated rings. The Balaban J connectivity index is 2.37. The monoisotopic (exact) mass is 127 g/mol. The molecule has 0 amide bonds. The first kappa shape index (κ1) is 5.93. The normalized spacial score (nSPS) is 35.1. The maximum Gasteiger partial charge on any atom is 0.0628 e. The molecule has 0 spiro atoms. The molecule has 0 radical (unpaired) electrons. The van der Waals surface area contributed by atoms with Crippen molar-refractivity contribution in [3.63, 3.8) is 0 Å². The summed E-state index contributed by atoms with van der Waals surface area (Å²) in [6, 6.07) is 0.507. The molecule has 8 heavy (non-hydrogen) atoms. The number of aliphatic imine (C=N–C) groups is 1. The highest BCUT2D eigenvalue weighted by atomic mass is 32.1. The number of nitrogens with zero attached hydrogens (tertiary/aromatic N) is 1. The van der Waals surface area contributed by atoms with Crippen LogP contribution in [0.5, 0.6) is 0 Å². The highest BCUT2D eigenvalue weighted by Crippen LogP contribution is 2.28. The van der Waals surface area contributed by atoms with Crippen LogP contribution in [0.3, 0.4) is 0 Å². The minimum atomic E-state index is 0.507. The van der Waals surface area contributed by atoms with Crippen molar-refractivity contribution in [3.05, 3.63) is 0 Å². The van der Waals surface area contributed by atoms with Crippen LogP contribution in [0.4, 0.5) is 0 Å². The SMILES string of the molecule is C[C@H]1CC[C@@H]1N=C=S. The third-order valence-electron chi connectivity index (χ3n) is 1.79. The molecule has 0 unspecified atom stereocenters. The average Bonchev–Trinajstić information content (AvgIpc) is 1.79. The van der Waals surface area contributed by atoms with Gasteiger partial charge in [0.1, 0.15) is 0 Å². The molecule has 2 heteroatoms. The number of hydrogen-bond acceptors (Lipinski definition) is 2. The van der Waals surface area contributed by atoms with E-state index in [1.807, 2.05) is 0 Å². The summed E-state index contributed by atoms with van der Waals surface area (Å²) in [7, 11) is 0. The van der Waals surface area contributed by atoms with Crippen molar-refractivity contribution in [3.8, 4) is 0 Å². The summed E-state index contributed by atoms with van der Waals surface area (Å²) < 4.78 is 0. The molecular weight excluding hydrogens is 118 g/mol. The summed E-state index contributed by atoms with van der Waals surface area (Å²) in [4.78, 5) is 3.98. The molecule has 1 rings (SSSR count). The second-order valence-electron chi connectivity index (χ2n) is 2.34. The fraction of sp³-hybridized carbons (Fsp3) is 0.833. The summed E-state index contributed by atoms with van der Waals surface area (Å²) in [6.07, 6.45) is 2.52. The summed E-state index contributed by atoms with van der Waals surface area (Å²) in [5.41, 5.74) is 0. The van der Waals surface area contributed by atoms with Gasteiger partial charge in [-0.1, -0.05) is 6.92 Å². The van der Waals surface area contributed by atoms with Gasteiger partial charge in [0.15, 0.2) is 0 Å². The van der Waals surface area contributed by atoms with Crippen molar-refractivity contribution in [2.24, 2.45) is 10.9 Å². The van der Waals surface area contributed by atoms with Gasteiger partial charge < -0.3 is 0 Å². The molecule has 1 aliphatic carbocycles. The molecule has 0 aromatic rings. The van der Waals surface area contributed by atoms with E-state index in [1.54, 1.807) is 0 Å². The van der Waals surface area contributed by atoms with Crippen molar-refractivity contribution in [1.29, 1.82) is 0 Å². The van der Waals surface area contributed by atoms with E-state index in [1.165, 1.54) is 12.8 Å². The lowest BCUT2D eigenvalue weighted by Gasteiger charge is -2.28. The Kier molecular flexibility index (Phi) is 1.77. The molecule has 0 saturated heterocycles. The lowest BCUT2D eigenvalue weighted by atomic mass is 9.82. The predicted molar refractivity (Wildman–Crippen MR) is 37.2 cm³/mol. The van der Waals surface area contributed by atoms with Crippen LogP contribution in [0.1, 0.15) is 19.8 Å². The van der Waals surface area contributed by atoms with Gasteiger partial charge >= 0.3 is 0 Å². The Hall–Kier alpha value is -0.200. The van der Waals surface area contributed by atoms with Gasteiger partial charge in [-0.05, 0) is 31.0 Å². The van der Waals surface area contributed by atoms with Crippen molar-refractivity contribution < 1.29 is 0 Å². The zero-order chi connectivity index (χ0) is 5.98. The predicted octanol–water partition coefficient (Wildman–Crippen LogP) is 1.89. The molecule has 2 atom stereocenters. The number of thiocarbonyl (C=S) groups is 1. The van der Waals surface area contributed by atoms with Crippen LogP contribution in [-0.4, -0.2) is 11.2 Å². The first-order valence-corrected chi connectivity index (χ1v) is 3.32. The van der Waals surface area contributed by atoms with E-state index in [0.29, 0.717) is 6.04 Å². The largest absolute Gasteiger partial charge is 0.229 e. The van der Waals surface area contributed by atoms with E-state index < -0.39 is 0 Å². The van der Waals surface area contributed by atoms with E-state index >= 15 is 0 Å². The summed E-state index contributed by atoms with van der Waals surface area (Å²) in [5, 5.41) is 2.41. The van der Waals surface area contributed by atoms with Gasteiger partial charge in [-0.3, -0.25) is 0 Å². The smallest absolute Gasteiger partial charge is 0.0628 e. The Bertz CT molecular complexity index is 126. The summed E-state index contributed by atoms with van der Waals surface area (Å²) in [6.45, 7) is 2.20. The third-order valence-corrected chi connectivity index (χ3v) is 1.90. The van der Waals surface area contributed by atoms with E-state index in [-0.39, 0.29) is 0 Å². The van der Waals surface area contributed by atoms with Gasteiger partial charge in [0.2, 0.25) is 0 Å². The molecule has 0 aromatic carbocycles. The molecule has 1 saturated carbocycles. The van der Waals surface area contributed by atoms with Gasteiger partial charge in [-0.2, -0.15) is 0 Å². The molecule has 0 aliphatic heterocycles. The second-order valence-corrected chi connectivity index (χ2v) is 2.52. The maximum absolute atomic E-state index is 4.46. The number of hydrogen-bond donors (Lipinski definition) is 0. The maximum atomic E-state index is 4.46. The molecule has 0 N–H and O–H groups in total. The van der Waals surface area contributed by atoms with Crippen molar-refractivity contribution in [2.45, 2.75) is 25.8 Å². The Morgan fingerprint density at radius 3 is 2.50 bits per heavy atom. The zero-order valence-corrected chi connectivity index (χ0v) is 5.74. The minimum absolute atomic E-state index is 0.507. The minimum Gasteiger partial charge on any atom is -0.229 e. The quantitative estimate of drug-likeness (QED) is 0.387. The average molecular weight is 127 g/mol. The van der Waals surface area contributed by atoms with Crippen LogP contribution in [0.15, 0.2) is 4.99 Å². The molecule has 0 heterocycles. The van der Waals surface area contributed by atoms with Crippen LogP contribution in [0, 0.1) is 5.92 Å². The lowest BCUT2D eigenvalue weighted by molar-refractivity contribution is 0.285. The molecule has 44 valence electrons. The molecule has 1 aliphatic rings. The number of rotatable bonds is 1. The lowest BCUT2D eigenvalue weighted by Crippen LogP contribution is -2.26. The molecule has 0 bridgehead atoms. The van der Waals surface area contributed by atoms with E-state index in [0.717, 1.165) is 5.92 Å². The number of isothiocyanates is 1. The van der Waals surface area contributed by atoms with E-state index in [9.17, 15) is 0 Å². The molecular formula is C6H9NS. The first-order valence-electron chi connectivity index (χ1n) is 2.91. The topological polar surface area (TPSA) is 12.4 Å². The van der Waals surface area contributed by atoms with Gasteiger partial charge in [-0.15, -0.1) is 0 Å². The Morgan fingerprint density at radius 2 is 2.38 bits per heavy atom. The highest BCUT2D eigenvalue weighted by Gasteiger charge is 2.25. The van der Waals surface area contributed by atoms with Crippen molar-refractivity contribution in [2.75, 3.05) is 0 Å². The fourth-order valence-corrected chi connectivity index (χ4v) is 1.04. The van der Waals surface area contributed by atoms with E-state index in [4.69, 9.17) is 0 Å². The standard InChI is InChI=1S/C6H9NS/c1-5-2-3-6(5)7-4-8/h5-6H,2-3H2,1H3/t5-,6-/m0/s1. The second kappa shape index (κ2) is 2.38. The van der Waals surface area contributed by atoms with Gasteiger partial charge in [-0.25, -0.2) is 4.99 Å². The third kappa shape index (κ3) is 0.960. The van der Waals surface area contributed by atoms with Crippen molar-refractivity contribution >= 4 is 17.4 Å². The highest BCUT2D eigenvalue weighted by molar-refractivity contribution is 7.78. The summed E-state index contributed by atoms with van der Waals surface area (Å²) in [5.74, 6) is 0.755. The first-order chi connectivity index (χ1) is 3.84. The van der Waals surface area contributed by atoms with Crippen LogP contribution < -0.4 is 0 Å². The van der Waals surface area contributed by atoms with Gasteiger partial charge in [0.05, 0.1) is 11.2 Å². The van der Waals surface area contributed by atoms with Crippen LogP contribution >= 0.6 is 12.2 Å². The van der Waals surface area contributed by atoms with Gasteiger partial charge in [0.25, 0.3) is 0 Å². The molecule has 0 aromatic heterocycles.